The van der Waals surface area contributed by atoms with Gasteiger partial charge in [0, 0.05) is 16.0 Å². The van der Waals surface area contributed by atoms with Crippen LogP contribution in [0.15, 0.2) is 84.4 Å². The summed E-state index contributed by atoms with van der Waals surface area (Å²) in [5.74, 6) is -2.00. The molecular formula is C31H23Cl4F2N3O2. The summed E-state index contributed by atoms with van der Waals surface area (Å²) in [5.41, 5.74) is -0.299. The molecule has 3 rings (SSSR count). The Morgan fingerprint density at radius 3 is 2.17 bits per heavy atom. The van der Waals surface area contributed by atoms with Crippen LogP contribution in [0.3, 0.4) is 0 Å². The van der Waals surface area contributed by atoms with Gasteiger partial charge >= 0.3 is 0 Å². The number of halogens is 6. The number of nitriles is 1. The van der Waals surface area contributed by atoms with E-state index in [0.29, 0.717) is 11.1 Å². The van der Waals surface area contributed by atoms with Crippen molar-refractivity contribution in [3.05, 3.63) is 128 Å². The summed E-state index contributed by atoms with van der Waals surface area (Å²) in [5, 5.41) is 14.8. The summed E-state index contributed by atoms with van der Waals surface area (Å²) < 4.78 is 28.4. The Labute approximate surface area is 262 Å². The summed E-state index contributed by atoms with van der Waals surface area (Å²) >= 11 is 24.8. The molecule has 3 aromatic carbocycles. The monoisotopic (exact) mass is 647 g/mol. The standard InChI is InChI=1S/C31H23Cl4F2N3O2/c1-16(5-6-17(2)32)31(4,18(3)36)21-12-25(34)28(26(35)13-21)40-29(41)19-7-8-20(15-38)27(11-19)39-30(42)23-10-9-22(37)14-24(23)33/h5-14,18H,1-2H2,3-4H3,(H,39,42)(H,40,41). The lowest BCUT2D eigenvalue weighted by Crippen LogP contribution is -2.33. The van der Waals surface area contributed by atoms with Gasteiger partial charge in [-0.3, -0.25) is 9.59 Å². The van der Waals surface area contributed by atoms with Crippen molar-refractivity contribution in [1.29, 1.82) is 5.26 Å². The minimum atomic E-state index is -1.41. The normalized spacial score (nSPS) is 13.1. The zero-order valence-electron chi connectivity index (χ0n) is 22.3. The van der Waals surface area contributed by atoms with E-state index in [1.54, 1.807) is 13.0 Å². The van der Waals surface area contributed by atoms with Gasteiger partial charge in [0.1, 0.15) is 18.1 Å². The van der Waals surface area contributed by atoms with Gasteiger partial charge in [-0.1, -0.05) is 65.6 Å². The van der Waals surface area contributed by atoms with Crippen LogP contribution in [0.2, 0.25) is 15.1 Å². The molecule has 2 amide bonds. The summed E-state index contributed by atoms with van der Waals surface area (Å²) in [6.45, 7) is 10.6. The maximum atomic E-state index is 15.0. The highest BCUT2D eigenvalue weighted by Gasteiger charge is 2.36. The Kier molecular flexibility index (Phi) is 10.6. The fraction of sp³-hybridized carbons (Fsp3) is 0.129. The van der Waals surface area contributed by atoms with Crippen molar-refractivity contribution in [2.45, 2.75) is 25.4 Å². The molecule has 0 bridgehead atoms. The van der Waals surface area contributed by atoms with E-state index in [2.05, 4.69) is 23.8 Å². The van der Waals surface area contributed by atoms with Gasteiger partial charge in [0.05, 0.1) is 37.6 Å². The molecule has 0 heterocycles. The van der Waals surface area contributed by atoms with E-state index in [0.717, 1.165) is 12.1 Å². The maximum Gasteiger partial charge on any atom is 0.257 e. The molecule has 216 valence electrons. The molecule has 2 unspecified atom stereocenters. The van der Waals surface area contributed by atoms with Crippen molar-refractivity contribution < 1.29 is 18.4 Å². The molecule has 0 saturated heterocycles. The van der Waals surface area contributed by atoms with Crippen LogP contribution < -0.4 is 10.6 Å². The van der Waals surface area contributed by atoms with Gasteiger partial charge in [-0.15, -0.1) is 0 Å². The molecule has 11 heteroatoms. The molecule has 0 aliphatic heterocycles. The molecule has 42 heavy (non-hydrogen) atoms. The number of alkyl halides is 1. The van der Waals surface area contributed by atoms with Crippen LogP contribution in [0.5, 0.6) is 0 Å². The smallest absolute Gasteiger partial charge is 0.257 e. The molecule has 0 aromatic heterocycles. The Hall–Kier alpha value is -3.67. The van der Waals surface area contributed by atoms with E-state index < -0.39 is 29.2 Å². The van der Waals surface area contributed by atoms with Gasteiger partial charge in [0.25, 0.3) is 11.8 Å². The van der Waals surface area contributed by atoms with Gasteiger partial charge in [0.2, 0.25) is 0 Å². The number of benzene rings is 3. The first-order chi connectivity index (χ1) is 19.7. The topological polar surface area (TPSA) is 82.0 Å². The van der Waals surface area contributed by atoms with E-state index in [1.165, 1.54) is 49.4 Å². The van der Waals surface area contributed by atoms with Crippen molar-refractivity contribution >= 4 is 69.6 Å². The van der Waals surface area contributed by atoms with E-state index in [9.17, 15) is 23.6 Å². The Morgan fingerprint density at radius 1 is 0.976 bits per heavy atom. The molecule has 3 aromatic rings. The second kappa shape index (κ2) is 13.5. The molecule has 0 saturated carbocycles. The van der Waals surface area contributed by atoms with E-state index in [1.807, 2.05) is 6.07 Å². The Balaban J connectivity index is 1.92. The molecule has 0 radical (unpaired) electrons. The van der Waals surface area contributed by atoms with Gasteiger partial charge in [-0.25, -0.2) is 8.78 Å². The van der Waals surface area contributed by atoms with Crippen molar-refractivity contribution in [3.63, 3.8) is 0 Å². The number of allylic oxidation sites excluding steroid dienone is 4. The third-order valence-corrected chi connectivity index (χ3v) is 7.67. The Bertz CT molecular complexity index is 1660. The lowest BCUT2D eigenvalue weighted by atomic mass is 9.73. The third kappa shape index (κ3) is 7.21. The number of anilines is 2. The molecule has 2 N–H and O–H groups in total. The summed E-state index contributed by atoms with van der Waals surface area (Å²) in [4.78, 5) is 25.9. The van der Waals surface area contributed by atoms with Gasteiger partial charge < -0.3 is 10.6 Å². The van der Waals surface area contributed by atoms with Crippen molar-refractivity contribution in [2.75, 3.05) is 10.6 Å². The number of amides is 2. The average molecular weight is 649 g/mol. The van der Waals surface area contributed by atoms with Crippen LogP contribution in [-0.4, -0.2) is 18.0 Å². The van der Waals surface area contributed by atoms with E-state index in [4.69, 9.17) is 46.4 Å². The van der Waals surface area contributed by atoms with Gasteiger partial charge in [-0.05, 0) is 79.6 Å². The van der Waals surface area contributed by atoms with Crippen LogP contribution >= 0.6 is 46.4 Å². The van der Waals surface area contributed by atoms with Crippen LogP contribution in [0.25, 0.3) is 0 Å². The molecule has 0 aliphatic carbocycles. The lowest BCUT2D eigenvalue weighted by molar-refractivity contribution is 0.101. The van der Waals surface area contributed by atoms with Crippen LogP contribution in [0, 0.1) is 17.1 Å². The second-order valence-electron chi connectivity index (χ2n) is 9.34. The van der Waals surface area contributed by atoms with E-state index >= 15 is 0 Å². The predicted octanol–water partition coefficient (Wildman–Crippen LogP) is 9.64. The number of hydrogen-bond acceptors (Lipinski definition) is 3. The SMILES string of the molecule is C=C(Cl)C=CC(=C)C(C)(c1cc(Cl)c(NC(=O)c2ccc(C#N)c(NC(=O)c3ccc(F)cc3Cl)c2)c(Cl)c1)C(C)F. The highest BCUT2D eigenvalue weighted by atomic mass is 35.5. The number of carbonyl (C=O) groups is 2. The predicted molar refractivity (Wildman–Crippen MR) is 166 cm³/mol. The molecule has 0 fully saturated rings. The van der Waals surface area contributed by atoms with Gasteiger partial charge in [0.15, 0.2) is 0 Å². The van der Waals surface area contributed by atoms with Crippen LogP contribution in [0.1, 0.15) is 45.7 Å². The number of nitrogens with one attached hydrogen (secondary N) is 2. The number of carbonyl (C=O) groups excluding carboxylic acids is 2. The molecule has 2 atom stereocenters. The maximum absolute atomic E-state index is 15.0. The first-order valence-corrected chi connectivity index (χ1v) is 13.7. The molecule has 0 aliphatic rings. The summed E-state index contributed by atoms with van der Waals surface area (Å²) in [7, 11) is 0. The first kappa shape index (κ1) is 32.8. The summed E-state index contributed by atoms with van der Waals surface area (Å²) in [6, 6.07) is 12.1. The highest BCUT2D eigenvalue weighted by molar-refractivity contribution is 6.40. The quantitative estimate of drug-likeness (QED) is 0.227. The van der Waals surface area contributed by atoms with Crippen LogP contribution in [-0.2, 0) is 5.41 Å². The van der Waals surface area contributed by atoms with Crippen LogP contribution in [0.4, 0.5) is 20.2 Å². The fourth-order valence-electron chi connectivity index (χ4n) is 3.96. The third-order valence-electron chi connectivity index (χ3n) is 6.63. The zero-order valence-corrected chi connectivity index (χ0v) is 25.3. The average Bonchev–Trinajstić information content (AvgIpc) is 2.92. The highest BCUT2D eigenvalue weighted by Crippen LogP contribution is 2.42. The molecule has 0 spiro atoms. The lowest BCUT2D eigenvalue weighted by Gasteiger charge is -2.33. The molecular weight excluding hydrogens is 626 g/mol. The molecule has 5 nitrogen and oxygen atoms in total. The minimum absolute atomic E-state index is 0.0157. The Morgan fingerprint density at radius 2 is 1.62 bits per heavy atom. The zero-order chi connectivity index (χ0) is 31.4. The van der Waals surface area contributed by atoms with Crippen molar-refractivity contribution in [2.24, 2.45) is 0 Å². The summed E-state index contributed by atoms with van der Waals surface area (Å²) in [6.07, 6.45) is 1.63. The number of rotatable bonds is 9. The van der Waals surface area contributed by atoms with E-state index in [-0.39, 0.29) is 48.2 Å². The second-order valence-corrected chi connectivity index (χ2v) is 11.1. The first-order valence-electron chi connectivity index (χ1n) is 12.2. The fourth-order valence-corrected chi connectivity index (χ4v) is 4.86. The van der Waals surface area contributed by atoms with Gasteiger partial charge in [-0.2, -0.15) is 5.26 Å². The number of hydrogen-bond donors (Lipinski definition) is 2. The largest absolute Gasteiger partial charge is 0.321 e. The number of nitrogens with zero attached hydrogens (tertiary/aromatic N) is 1. The minimum Gasteiger partial charge on any atom is -0.321 e. The van der Waals surface area contributed by atoms with Crippen molar-refractivity contribution in [1.82, 2.24) is 0 Å². The van der Waals surface area contributed by atoms with Crippen molar-refractivity contribution in [3.8, 4) is 6.07 Å².